The van der Waals surface area contributed by atoms with Crippen molar-refractivity contribution in [2.24, 2.45) is 5.41 Å². The van der Waals surface area contributed by atoms with Crippen LogP contribution < -0.4 is 5.32 Å². The number of carbonyl (C=O) groups is 2. The molecule has 82 valence electrons. The largest absolute Gasteiger partial charge is 0.480 e. The zero-order valence-corrected chi connectivity index (χ0v) is 8.96. The van der Waals surface area contributed by atoms with Crippen LogP contribution in [0.2, 0.25) is 0 Å². The fraction of sp³-hybridized carbons (Fsp3) is 0.778. The van der Waals surface area contributed by atoms with Crippen molar-refractivity contribution in [1.82, 2.24) is 5.32 Å². The monoisotopic (exact) mass is 203 g/mol. The summed E-state index contributed by atoms with van der Waals surface area (Å²) in [5, 5.41) is 11.1. The van der Waals surface area contributed by atoms with Gasteiger partial charge in [-0.3, -0.25) is 0 Å². The third-order valence-corrected chi connectivity index (χ3v) is 1.59. The zero-order valence-electron chi connectivity index (χ0n) is 8.96. The average Bonchev–Trinajstić information content (AvgIpc) is 2.00. The molecular formula is C9H17NO4. The molecule has 1 amide bonds. The Morgan fingerprint density at radius 2 is 1.93 bits per heavy atom. The second kappa shape index (κ2) is 4.83. The Morgan fingerprint density at radius 3 is 2.21 bits per heavy atom. The van der Waals surface area contributed by atoms with Crippen molar-refractivity contribution in [1.29, 1.82) is 0 Å². The van der Waals surface area contributed by atoms with Crippen LogP contribution >= 0.6 is 0 Å². The lowest BCUT2D eigenvalue weighted by atomic mass is 9.88. The van der Waals surface area contributed by atoms with Crippen molar-refractivity contribution >= 4 is 12.1 Å². The minimum atomic E-state index is -1.05. The Hall–Kier alpha value is -1.26. The van der Waals surface area contributed by atoms with Gasteiger partial charge in [-0.05, 0) is 11.8 Å². The molecule has 0 heterocycles. The summed E-state index contributed by atoms with van der Waals surface area (Å²) in [4.78, 5) is 21.6. The molecule has 5 heteroatoms. The Kier molecular flexibility index (Phi) is 4.40. The van der Waals surface area contributed by atoms with Gasteiger partial charge in [-0.2, -0.15) is 0 Å². The first-order chi connectivity index (χ1) is 6.26. The molecular weight excluding hydrogens is 186 g/mol. The number of amides is 1. The predicted octanol–water partition coefficient (Wildman–Crippen LogP) is 1.23. The molecule has 14 heavy (non-hydrogen) atoms. The third-order valence-electron chi connectivity index (χ3n) is 1.59. The van der Waals surface area contributed by atoms with Crippen LogP contribution in [0, 0.1) is 5.41 Å². The van der Waals surface area contributed by atoms with Crippen molar-refractivity contribution in [3.8, 4) is 0 Å². The van der Waals surface area contributed by atoms with Crippen LogP contribution in [0.5, 0.6) is 0 Å². The molecule has 0 aromatic carbocycles. The Bertz CT molecular complexity index is 219. The SMILES string of the molecule is COC(=O)N[C@@H](CC(C)(C)C)C(=O)O. The van der Waals surface area contributed by atoms with Crippen molar-refractivity contribution in [3.05, 3.63) is 0 Å². The van der Waals surface area contributed by atoms with Crippen LogP contribution in [0.25, 0.3) is 0 Å². The molecule has 0 spiro atoms. The molecule has 0 bridgehead atoms. The van der Waals surface area contributed by atoms with E-state index in [4.69, 9.17) is 5.11 Å². The number of rotatable bonds is 3. The number of carbonyl (C=O) groups excluding carboxylic acids is 1. The minimum Gasteiger partial charge on any atom is -0.480 e. The fourth-order valence-corrected chi connectivity index (χ4v) is 1.01. The molecule has 0 aliphatic rings. The number of hydrogen-bond donors (Lipinski definition) is 2. The summed E-state index contributed by atoms with van der Waals surface area (Å²) in [5.74, 6) is -1.05. The highest BCUT2D eigenvalue weighted by molar-refractivity contribution is 5.79. The number of aliphatic carboxylic acids is 1. The first-order valence-electron chi connectivity index (χ1n) is 4.33. The fourth-order valence-electron chi connectivity index (χ4n) is 1.01. The summed E-state index contributed by atoms with van der Waals surface area (Å²) in [6.07, 6.45) is -0.362. The molecule has 0 fully saturated rings. The summed E-state index contributed by atoms with van der Waals surface area (Å²) in [5.41, 5.74) is -0.163. The molecule has 5 nitrogen and oxygen atoms in total. The molecule has 0 aromatic heterocycles. The van der Waals surface area contributed by atoms with E-state index < -0.39 is 18.1 Å². The number of methoxy groups -OCH3 is 1. The van der Waals surface area contributed by atoms with E-state index in [0.717, 1.165) is 0 Å². The van der Waals surface area contributed by atoms with Gasteiger partial charge in [-0.25, -0.2) is 9.59 Å². The molecule has 0 unspecified atom stereocenters. The zero-order chi connectivity index (χ0) is 11.4. The van der Waals surface area contributed by atoms with E-state index >= 15 is 0 Å². The maximum Gasteiger partial charge on any atom is 0.407 e. The highest BCUT2D eigenvalue weighted by atomic mass is 16.5. The van der Waals surface area contributed by atoms with Crippen molar-refractivity contribution in [2.45, 2.75) is 33.2 Å². The highest BCUT2D eigenvalue weighted by Crippen LogP contribution is 2.20. The molecule has 1 atom stereocenters. The molecule has 0 saturated carbocycles. The van der Waals surface area contributed by atoms with Crippen LogP contribution in [0.4, 0.5) is 4.79 Å². The predicted molar refractivity (Wildman–Crippen MR) is 51.0 cm³/mol. The second-order valence-electron chi connectivity index (χ2n) is 4.29. The van der Waals surface area contributed by atoms with Gasteiger partial charge >= 0.3 is 12.1 Å². The van der Waals surface area contributed by atoms with Crippen molar-refractivity contribution in [2.75, 3.05) is 7.11 Å². The van der Waals surface area contributed by atoms with E-state index in [-0.39, 0.29) is 5.41 Å². The maximum atomic E-state index is 10.8. The molecule has 2 N–H and O–H groups in total. The van der Waals surface area contributed by atoms with E-state index in [1.54, 1.807) is 0 Å². The number of carboxylic acids is 1. The van der Waals surface area contributed by atoms with Crippen LogP contribution in [-0.4, -0.2) is 30.3 Å². The summed E-state index contributed by atoms with van der Waals surface area (Å²) in [7, 11) is 1.20. The second-order valence-corrected chi connectivity index (χ2v) is 4.29. The summed E-state index contributed by atoms with van der Waals surface area (Å²) in [6, 6.07) is -0.901. The van der Waals surface area contributed by atoms with Crippen molar-refractivity contribution in [3.63, 3.8) is 0 Å². The lowest BCUT2D eigenvalue weighted by Crippen LogP contribution is -2.42. The Morgan fingerprint density at radius 1 is 1.43 bits per heavy atom. The summed E-state index contributed by atoms with van der Waals surface area (Å²) < 4.78 is 4.33. The van der Waals surface area contributed by atoms with E-state index in [0.29, 0.717) is 6.42 Å². The molecule has 0 radical (unpaired) electrons. The highest BCUT2D eigenvalue weighted by Gasteiger charge is 2.26. The van der Waals surface area contributed by atoms with E-state index in [9.17, 15) is 9.59 Å². The van der Waals surface area contributed by atoms with Crippen LogP contribution in [0.15, 0.2) is 0 Å². The molecule has 0 aliphatic carbocycles. The van der Waals surface area contributed by atoms with Gasteiger partial charge in [0.25, 0.3) is 0 Å². The van der Waals surface area contributed by atoms with Crippen LogP contribution in [-0.2, 0) is 9.53 Å². The van der Waals surface area contributed by atoms with Gasteiger partial charge in [-0.15, -0.1) is 0 Å². The number of nitrogens with one attached hydrogen (secondary N) is 1. The lowest BCUT2D eigenvalue weighted by molar-refractivity contribution is -0.140. The number of hydrogen-bond acceptors (Lipinski definition) is 3. The van der Waals surface area contributed by atoms with Gasteiger partial charge in [0.1, 0.15) is 6.04 Å². The number of ether oxygens (including phenoxy) is 1. The van der Waals surface area contributed by atoms with Crippen LogP contribution in [0.3, 0.4) is 0 Å². The molecule has 0 aliphatic heterocycles. The first kappa shape index (κ1) is 12.7. The smallest absolute Gasteiger partial charge is 0.407 e. The van der Waals surface area contributed by atoms with E-state index in [1.807, 2.05) is 20.8 Å². The van der Waals surface area contributed by atoms with Gasteiger partial charge in [0, 0.05) is 0 Å². The normalized spacial score (nSPS) is 13.1. The van der Waals surface area contributed by atoms with Crippen molar-refractivity contribution < 1.29 is 19.4 Å². The first-order valence-corrected chi connectivity index (χ1v) is 4.33. The summed E-state index contributed by atoms with van der Waals surface area (Å²) in [6.45, 7) is 5.71. The topological polar surface area (TPSA) is 75.6 Å². The average molecular weight is 203 g/mol. The number of carboxylic acid groups (broad SMARTS) is 1. The Labute approximate surface area is 83.4 Å². The van der Waals surface area contributed by atoms with Gasteiger partial charge in [0.15, 0.2) is 0 Å². The quantitative estimate of drug-likeness (QED) is 0.723. The molecule has 0 saturated heterocycles. The standard InChI is InChI=1S/C9H17NO4/c1-9(2,3)5-6(7(11)12)10-8(13)14-4/h6H,5H2,1-4H3,(H,10,13)(H,11,12)/t6-/m0/s1. The summed E-state index contributed by atoms with van der Waals surface area (Å²) >= 11 is 0. The third kappa shape index (κ3) is 5.40. The van der Waals surface area contributed by atoms with E-state index in [1.165, 1.54) is 7.11 Å². The van der Waals surface area contributed by atoms with Gasteiger partial charge in [0.05, 0.1) is 7.11 Å². The molecule has 0 rings (SSSR count). The van der Waals surface area contributed by atoms with Crippen LogP contribution in [0.1, 0.15) is 27.2 Å². The number of alkyl carbamates (subject to hydrolysis) is 1. The van der Waals surface area contributed by atoms with E-state index in [2.05, 4.69) is 10.1 Å². The Balaban J connectivity index is 4.31. The van der Waals surface area contributed by atoms with Gasteiger partial charge in [0.2, 0.25) is 0 Å². The maximum absolute atomic E-state index is 10.8. The van der Waals surface area contributed by atoms with Gasteiger partial charge < -0.3 is 15.2 Å². The lowest BCUT2D eigenvalue weighted by Gasteiger charge is -2.23. The van der Waals surface area contributed by atoms with Gasteiger partial charge in [-0.1, -0.05) is 20.8 Å². The molecule has 0 aromatic rings. The minimum absolute atomic E-state index is 0.163.